The van der Waals surface area contributed by atoms with Crippen molar-refractivity contribution in [2.45, 2.75) is 18.6 Å². The van der Waals surface area contributed by atoms with Crippen LogP contribution >= 0.6 is 12.2 Å². The predicted molar refractivity (Wildman–Crippen MR) is 119 cm³/mol. The lowest BCUT2D eigenvalue weighted by atomic mass is 10.0. The van der Waals surface area contributed by atoms with Crippen LogP contribution in [0.4, 0.5) is 0 Å². The Kier molecular flexibility index (Phi) is 4.94. The van der Waals surface area contributed by atoms with E-state index in [1.54, 1.807) is 12.4 Å². The highest BCUT2D eigenvalue weighted by molar-refractivity contribution is 7.80. The average molecular weight is 413 g/mol. The van der Waals surface area contributed by atoms with E-state index in [1.165, 1.54) is 0 Å². The zero-order chi connectivity index (χ0) is 20.3. The fourth-order valence-electron chi connectivity index (χ4n) is 3.93. The summed E-state index contributed by atoms with van der Waals surface area (Å²) in [5.74, 6) is 0.872. The summed E-state index contributed by atoms with van der Waals surface area (Å²) in [6.45, 7) is 0.654. The molecular formula is C23H20N6S. The van der Waals surface area contributed by atoms with E-state index in [2.05, 4.69) is 41.9 Å². The minimum absolute atomic E-state index is 0.0513. The Hall–Kier alpha value is -3.58. The summed E-state index contributed by atoms with van der Waals surface area (Å²) < 4.78 is 2.12. The van der Waals surface area contributed by atoms with Crippen LogP contribution < -0.4 is 5.32 Å². The Morgan fingerprint density at radius 3 is 2.50 bits per heavy atom. The largest absolute Gasteiger partial charge is 0.352 e. The van der Waals surface area contributed by atoms with Crippen molar-refractivity contribution in [2.24, 2.45) is 0 Å². The highest BCUT2D eigenvalue weighted by Crippen LogP contribution is 2.40. The normalized spacial score (nSPS) is 18.4. The van der Waals surface area contributed by atoms with Gasteiger partial charge in [-0.1, -0.05) is 18.2 Å². The van der Waals surface area contributed by atoms with Gasteiger partial charge in [0, 0.05) is 43.2 Å². The molecule has 0 radical (unpaired) electrons. The molecule has 1 N–H and O–H groups in total. The van der Waals surface area contributed by atoms with Crippen molar-refractivity contribution in [2.75, 3.05) is 0 Å². The van der Waals surface area contributed by atoms with Gasteiger partial charge in [-0.05, 0) is 60.2 Å². The molecule has 0 unspecified atom stereocenters. The van der Waals surface area contributed by atoms with Crippen LogP contribution in [-0.4, -0.2) is 29.5 Å². The molecule has 0 aliphatic carbocycles. The molecule has 4 aromatic rings. The molecule has 0 amide bonds. The van der Waals surface area contributed by atoms with Crippen LogP contribution in [0.25, 0.3) is 5.82 Å². The van der Waals surface area contributed by atoms with Crippen molar-refractivity contribution >= 4 is 17.3 Å². The van der Waals surface area contributed by atoms with E-state index in [9.17, 15) is 0 Å². The van der Waals surface area contributed by atoms with Crippen molar-refractivity contribution in [3.63, 3.8) is 0 Å². The first-order valence-electron chi connectivity index (χ1n) is 9.77. The quantitative estimate of drug-likeness (QED) is 0.503. The van der Waals surface area contributed by atoms with Crippen molar-refractivity contribution in [1.82, 2.24) is 29.7 Å². The van der Waals surface area contributed by atoms with E-state index in [1.807, 2.05) is 67.1 Å². The molecule has 7 heteroatoms. The third-order valence-electron chi connectivity index (χ3n) is 5.25. The van der Waals surface area contributed by atoms with Gasteiger partial charge in [0.1, 0.15) is 5.82 Å². The second-order valence-electron chi connectivity index (χ2n) is 7.11. The van der Waals surface area contributed by atoms with E-state index in [4.69, 9.17) is 12.2 Å². The number of hydrogen-bond acceptors (Lipinski definition) is 4. The second kappa shape index (κ2) is 8.04. The molecule has 0 saturated carbocycles. The Morgan fingerprint density at radius 2 is 1.77 bits per heavy atom. The van der Waals surface area contributed by atoms with Crippen LogP contribution in [0.2, 0.25) is 0 Å². The number of hydrogen-bond donors (Lipinski definition) is 1. The standard InChI is InChI=1S/C23H20N6S/c30-23-27-21(18-8-1-3-12-25-18)22(29(23)16-17-7-5-11-24-15-17)19-9-6-14-28(19)20-10-2-4-13-26-20/h1-15,21-22H,16H2,(H,27,30)/t21-,22+/m1/s1. The van der Waals surface area contributed by atoms with Crippen molar-refractivity contribution in [3.8, 4) is 5.82 Å². The van der Waals surface area contributed by atoms with Gasteiger partial charge in [0.15, 0.2) is 5.11 Å². The van der Waals surface area contributed by atoms with Crippen LogP contribution in [0.5, 0.6) is 0 Å². The van der Waals surface area contributed by atoms with Crippen LogP contribution in [0.15, 0.2) is 91.6 Å². The lowest BCUT2D eigenvalue weighted by molar-refractivity contribution is 0.302. The van der Waals surface area contributed by atoms with Gasteiger partial charge >= 0.3 is 0 Å². The Morgan fingerprint density at radius 1 is 0.900 bits per heavy atom. The zero-order valence-corrected chi connectivity index (χ0v) is 17.0. The summed E-state index contributed by atoms with van der Waals surface area (Å²) in [7, 11) is 0. The van der Waals surface area contributed by atoms with E-state index >= 15 is 0 Å². The Labute approximate surface area is 180 Å². The highest BCUT2D eigenvalue weighted by Gasteiger charge is 2.41. The topological polar surface area (TPSA) is 58.9 Å². The summed E-state index contributed by atoms with van der Waals surface area (Å²) in [5, 5.41) is 4.20. The Balaban J connectivity index is 1.60. The molecule has 5 heterocycles. The van der Waals surface area contributed by atoms with Gasteiger partial charge < -0.3 is 14.8 Å². The molecule has 1 fully saturated rings. The summed E-state index contributed by atoms with van der Waals surface area (Å²) in [5.41, 5.74) is 3.15. The fourth-order valence-corrected chi connectivity index (χ4v) is 4.23. The fraction of sp³-hybridized carbons (Fsp3) is 0.130. The minimum Gasteiger partial charge on any atom is -0.352 e. The van der Waals surface area contributed by atoms with Gasteiger partial charge in [-0.15, -0.1) is 0 Å². The molecule has 0 spiro atoms. The number of thiocarbonyl (C=S) groups is 1. The molecule has 1 aliphatic rings. The molecule has 1 saturated heterocycles. The minimum atomic E-state index is -0.0762. The molecule has 2 atom stereocenters. The SMILES string of the molecule is S=C1N[C@H](c2ccccn2)[C@H](c2cccn2-c2ccccn2)N1Cc1cccnc1. The van der Waals surface area contributed by atoms with Crippen molar-refractivity contribution < 1.29 is 0 Å². The summed E-state index contributed by atoms with van der Waals surface area (Å²) >= 11 is 5.77. The smallest absolute Gasteiger partial charge is 0.170 e. The first-order valence-corrected chi connectivity index (χ1v) is 10.2. The van der Waals surface area contributed by atoms with Gasteiger partial charge in [-0.25, -0.2) is 4.98 Å². The third kappa shape index (κ3) is 3.44. The predicted octanol–water partition coefficient (Wildman–Crippen LogP) is 3.84. The van der Waals surface area contributed by atoms with Gasteiger partial charge in [0.25, 0.3) is 0 Å². The maximum atomic E-state index is 5.77. The number of pyridine rings is 3. The Bertz CT molecular complexity index is 1130. The summed E-state index contributed by atoms with van der Waals surface area (Å²) in [4.78, 5) is 15.6. The van der Waals surface area contributed by atoms with Gasteiger partial charge in [-0.3, -0.25) is 9.97 Å². The molecule has 0 bridgehead atoms. The van der Waals surface area contributed by atoms with Crippen LogP contribution in [0.1, 0.15) is 29.0 Å². The molecule has 1 aliphatic heterocycles. The van der Waals surface area contributed by atoms with Gasteiger partial charge in [-0.2, -0.15) is 0 Å². The highest BCUT2D eigenvalue weighted by atomic mass is 32.1. The van der Waals surface area contributed by atoms with Crippen LogP contribution in [-0.2, 0) is 6.54 Å². The lowest BCUT2D eigenvalue weighted by Crippen LogP contribution is -2.30. The lowest BCUT2D eigenvalue weighted by Gasteiger charge is -2.28. The molecule has 6 nitrogen and oxygen atoms in total. The number of rotatable bonds is 5. The molecular weight excluding hydrogens is 392 g/mol. The van der Waals surface area contributed by atoms with E-state index < -0.39 is 0 Å². The first kappa shape index (κ1) is 18.4. The van der Waals surface area contributed by atoms with Gasteiger partial charge in [0.2, 0.25) is 0 Å². The van der Waals surface area contributed by atoms with Crippen LogP contribution in [0.3, 0.4) is 0 Å². The molecule has 0 aromatic carbocycles. The zero-order valence-electron chi connectivity index (χ0n) is 16.2. The number of nitrogens with zero attached hydrogens (tertiary/aromatic N) is 5. The molecule has 30 heavy (non-hydrogen) atoms. The maximum Gasteiger partial charge on any atom is 0.170 e. The first-order chi connectivity index (χ1) is 14.8. The second-order valence-corrected chi connectivity index (χ2v) is 7.49. The molecule has 5 rings (SSSR count). The van der Waals surface area contributed by atoms with E-state index in [0.717, 1.165) is 22.8 Å². The van der Waals surface area contributed by atoms with Gasteiger partial charge in [0.05, 0.1) is 17.8 Å². The average Bonchev–Trinajstić information content (AvgIpc) is 3.40. The van der Waals surface area contributed by atoms with Crippen LogP contribution in [0, 0.1) is 0 Å². The monoisotopic (exact) mass is 412 g/mol. The third-order valence-corrected chi connectivity index (χ3v) is 5.61. The summed E-state index contributed by atoms with van der Waals surface area (Å²) in [6, 6.07) is 19.9. The maximum absolute atomic E-state index is 5.77. The van der Waals surface area contributed by atoms with Crippen molar-refractivity contribution in [3.05, 3.63) is 109 Å². The van der Waals surface area contributed by atoms with Crippen molar-refractivity contribution in [1.29, 1.82) is 0 Å². The molecule has 148 valence electrons. The summed E-state index contributed by atoms with van der Waals surface area (Å²) in [6.07, 6.45) is 9.33. The van der Waals surface area contributed by atoms with E-state index in [0.29, 0.717) is 11.7 Å². The van der Waals surface area contributed by atoms with E-state index in [-0.39, 0.29) is 12.1 Å². The number of nitrogens with one attached hydrogen (secondary N) is 1. The molecule has 4 aromatic heterocycles. The number of aromatic nitrogens is 4.